The van der Waals surface area contributed by atoms with Crippen LogP contribution in [0.2, 0.25) is 0 Å². The first-order valence-electron chi connectivity index (χ1n) is 5.55. The van der Waals surface area contributed by atoms with Crippen LogP contribution in [-0.4, -0.2) is 13.1 Å². The van der Waals surface area contributed by atoms with Crippen LogP contribution in [-0.2, 0) is 0 Å². The van der Waals surface area contributed by atoms with E-state index in [1.165, 1.54) is 44.9 Å². The maximum atomic E-state index is 4.46. The molecule has 1 radical (unpaired) electrons. The second-order valence-electron chi connectivity index (χ2n) is 3.44. The molecule has 0 aromatic heterocycles. The highest BCUT2D eigenvalue weighted by Crippen LogP contribution is 2.01. The Morgan fingerprint density at radius 1 is 0.667 bits per heavy atom. The fraction of sp³-hybridized carbons (Fsp3) is 1.00. The van der Waals surface area contributed by atoms with Crippen LogP contribution in [0.15, 0.2) is 0 Å². The van der Waals surface area contributed by atoms with Crippen molar-refractivity contribution in [3.8, 4) is 0 Å². The van der Waals surface area contributed by atoms with Crippen molar-refractivity contribution >= 4 is 0 Å². The maximum Gasteiger partial charge on any atom is 0.0133 e. The molecular formula is C11H24N. The fourth-order valence-corrected chi connectivity index (χ4v) is 1.21. The van der Waals surface area contributed by atoms with Gasteiger partial charge in [0.2, 0.25) is 0 Å². The number of hydrogen-bond donors (Lipinski definition) is 0. The van der Waals surface area contributed by atoms with Crippen molar-refractivity contribution in [2.45, 2.75) is 58.8 Å². The summed E-state index contributed by atoms with van der Waals surface area (Å²) in [6, 6.07) is 0. The summed E-state index contributed by atoms with van der Waals surface area (Å²) in [4.78, 5) is 0. The van der Waals surface area contributed by atoms with Gasteiger partial charge in [-0.2, -0.15) is 0 Å². The molecule has 0 aromatic rings. The van der Waals surface area contributed by atoms with Gasteiger partial charge in [-0.15, -0.1) is 0 Å². The minimum absolute atomic E-state index is 1.09. The van der Waals surface area contributed by atoms with E-state index in [4.69, 9.17) is 0 Å². The number of rotatable bonds is 9. The molecule has 0 fully saturated rings. The van der Waals surface area contributed by atoms with Crippen LogP contribution in [0.3, 0.4) is 0 Å². The Kier molecular flexibility index (Phi) is 10.9. The van der Waals surface area contributed by atoms with Gasteiger partial charge in [-0.3, -0.25) is 0 Å². The van der Waals surface area contributed by atoms with E-state index in [9.17, 15) is 0 Å². The summed E-state index contributed by atoms with van der Waals surface area (Å²) < 4.78 is 0. The van der Waals surface area contributed by atoms with E-state index in [-0.39, 0.29) is 0 Å². The topological polar surface area (TPSA) is 14.1 Å². The molecule has 0 aliphatic rings. The Morgan fingerprint density at radius 3 is 1.92 bits per heavy atom. The molecule has 1 heteroatoms. The third-order valence-electron chi connectivity index (χ3n) is 2.09. The highest BCUT2D eigenvalue weighted by Gasteiger charge is 1.89. The molecule has 0 aliphatic carbocycles. The lowest BCUT2D eigenvalue weighted by molar-refractivity contribution is 0.564. The first-order chi connectivity index (χ1) is 5.91. The number of nitrogens with zero attached hydrogens (tertiary/aromatic N) is 1. The lowest BCUT2D eigenvalue weighted by atomic mass is 10.1. The van der Waals surface area contributed by atoms with Gasteiger partial charge in [0.05, 0.1) is 0 Å². The highest BCUT2D eigenvalue weighted by molar-refractivity contribution is 4.48. The molecular weight excluding hydrogens is 146 g/mol. The van der Waals surface area contributed by atoms with E-state index in [1.54, 1.807) is 0 Å². The quantitative estimate of drug-likeness (QED) is 0.471. The number of hydrogen-bond acceptors (Lipinski definition) is 0. The summed E-state index contributed by atoms with van der Waals surface area (Å²) in [6.07, 6.45) is 9.38. The van der Waals surface area contributed by atoms with E-state index in [1.807, 2.05) is 0 Å². The average molecular weight is 170 g/mol. The van der Waals surface area contributed by atoms with Crippen LogP contribution < -0.4 is 5.32 Å². The largest absolute Gasteiger partial charge is 0.242 e. The van der Waals surface area contributed by atoms with Gasteiger partial charge in [-0.05, 0) is 12.8 Å². The monoisotopic (exact) mass is 170 g/mol. The van der Waals surface area contributed by atoms with Crippen molar-refractivity contribution in [3.05, 3.63) is 0 Å². The Bertz CT molecular complexity index is 61.4. The van der Waals surface area contributed by atoms with Crippen LogP contribution in [0.5, 0.6) is 0 Å². The van der Waals surface area contributed by atoms with Crippen molar-refractivity contribution in [2.24, 2.45) is 0 Å². The standard InChI is InChI=1S/C11H24N/c1-3-5-7-8-9-11-12-10-6-4-2/h3-11H2,1-2H3. The molecule has 0 amide bonds. The highest BCUT2D eigenvalue weighted by atomic mass is 14.8. The molecule has 1 nitrogen and oxygen atoms in total. The zero-order valence-corrected chi connectivity index (χ0v) is 8.81. The molecule has 73 valence electrons. The molecule has 0 rings (SSSR count). The summed E-state index contributed by atoms with van der Waals surface area (Å²) in [5.74, 6) is 0. The van der Waals surface area contributed by atoms with Gasteiger partial charge >= 0.3 is 0 Å². The molecule has 0 atom stereocenters. The molecule has 0 bridgehead atoms. The second kappa shape index (κ2) is 11.0. The van der Waals surface area contributed by atoms with Crippen LogP contribution in [0, 0.1) is 0 Å². The smallest absolute Gasteiger partial charge is 0.0133 e. The summed E-state index contributed by atoms with van der Waals surface area (Å²) in [7, 11) is 0. The molecule has 0 N–H and O–H groups in total. The second-order valence-corrected chi connectivity index (χ2v) is 3.44. The third-order valence-corrected chi connectivity index (χ3v) is 2.09. The molecule has 0 saturated carbocycles. The predicted molar refractivity (Wildman–Crippen MR) is 55.5 cm³/mol. The summed E-state index contributed by atoms with van der Waals surface area (Å²) >= 11 is 0. The zero-order valence-electron chi connectivity index (χ0n) is 8.81. The molecule has 0 unspecified atom stereocenters. The minimum Gasteiger partial charge on any atom is -0.242 e. The Labute approximate surface area is 77.9 Å². The first kappa shape index (κ1) is 12.0. The van der Waals surface area contributed by atoms with E-state index >= 15 is 0 Å². The summed E-state index contributed by atoms with van der Waals surface area (Å²) in [5, 5.41) is 4.46. The van der Waals surface area contributed by atoms with Crippen molar-refractivity contribution < 1.29 is 0 Å². The molecule has 0 saturated heterocycles. The van der Waals surface area contributed by atoms with Crippen LogP contribution in [0.4, 0.5) is 0 Å². The van der Waals surface area contributed by atoms with E-state index in [0.29, 0.717) is 0 Å². The van der Waals surface area contributed by atoms with Crippen molar-refractivity contribution in [1.82, 2.24) is 5.32 Å². The van der Waals surface area contributed by atoms with Gasteiger partial charge in [0.25, 0.3) is 0 Å². The molecule has 0 heterocycles. The van der Waals surface area contributed by atoms with Gasteiger partial charge in [0, 0.05) is 13.1 Å². The van der Waals surface area contributed by atoms with E-state index < -0.39 is 0 Å². The molecule has 12 heavy (non-hydrogen) atoms. The van der Waals surface area contributed by atoms with E-state index in [0.717, 1.165) is 13.1 Å². The Hall–Kier alpha value is -0.0400. The minimum atomic E-state index is 1.09. The summed E-state index contributed by atoms with van der Waals surface area (Å²) in [6.45, 7) is 6.66. The van der Waals surface area contributed by atoms with Crippen LogP contribution >= 0.6 is 0 Å². The summed E-state index contributed by atoms with van der Waals surface area (Å²) in [5.41, 5.74) is 0. The van der Waals surface area contributed by atoms with Gasteiger partial charge in [0.1, 0.15) is 0 Å². The van der Waals surface area contributed by atoms with Gasteiger partial charge in [-0.25, -0.2) is 5.32 Å². The van der Waals surface area contributed by atoms with Gasteiger partial charge in [-0.1, -0.05) is 46.0 Å². The van der Waals surface area contributed by atoms with Crippen molar-refractivity contribution in [3.63, 3.8) is 0 Å². The lowest BCUT2D eigenvalue weighted by Gasteiger charge is -2.00. The van der Waals surface area contributed by atoms with Crippen molar-refractivity contribution in [2.75, 3.05) is 13.1 Å². The lowest BCUT2D eigenvalue weighted by Crippen LogP contribution is -2.07. The molecule has 0 aliphatic heterocycles. The Balaban J connectivity index is 2.73. The van der Waals surface area contributed by atoms with Gasteiger partial charge < -0.3 is 0 Å². The predicted octanol–water partition coefficient (Wildman–Crippen LogP) is 3.36. The van der Waals surface area contributed by atoms with E-state index in [2.05, 4.69) is 19.2 Å². The third kappa shape index (κ3) is 9.96. The average Bonchev–Trinajstić information content (AvgIpc) is 2.10. The number of unbranched alkanes of at least 4 members (excludes halogenated alkanes) is 5. The Morgan fingerprint density at radius 2 is 1.25 bits per heavy atom. The maximum absolute atomic E-state index is 4.46. The van der Waals surface area contributed by atoms with Crippen LogP contribution in [0.1, 0.15) is 58.8 Å². The van der Waals surface area contributed by atoms with Crippen LogP contribution in [0.25, 0.3) is 0 Å². The molecule has 0 aromatic carbocycles. The zero-order chi connectivity index (χ0) is 9.07. The fourth-order valence-electron chi connectivity index (χ4n) is 1.21. The van der Waals surface area contributed by atoms with Gasteiger partial charge in [0.15, 0.2) is 0 Å². The first-order valence-corrected chi connectivity index (χ1v) is 5.55. The molecule has 0 spiro atoms. The normalized spacial score (nSPS) is 10.5. The SMILES string of the molecule is CCCCCCC[N]CCCC. The van der Waals surface area contributed by atoms with Crippen molar-refractivity contribution in [1.29, 1.82) is 0 Å².